The van der Waals surface area contributed by atoms with Gasteiger partial charge >= 0.3 is 0 Å². The zero-order chi connectivity index (χ0) is 49.4. The summed E-state index contributed by atoms with van der Waals surface area (Å²) in [4.78, 5) is 4.89. The summed E-state index contributed by atoms with van der Waals surface area (Å²) in [5, 5.41) is 14.7. The lowest BCUT2D eigenvalue weighted by Gasteiger charge is -2.27. The van der Waals surface area contributed by atoms with E-state index in [4.69, 9.17) is 0 Å². The first kappa shape index (κ1) is 43.1. The Balaban J connectivity index is 1.07. The molecule has 0 saturated heterocycles. The summed E-state index contributed by atoms with van der Waals surface area (Å²) in [7, 11) is 0. The highest BCUT2D eigenvalue weighted by Crippen LogP contribution is 2.53. The van der Waals surface area contributed by atoms with Crippen molar-refractivity contribution in [1.29, 1.82) is 0 Å². The summed E-state index contributed by atoms with van der Waals surface area (Å²) >= 11 is 1.88. The molecule has 0 unspecified atom stereocenters. The van der Waals surface area contributed by atoms with E-state index in [1.54, 1.807) is 0 Å². The van der Waals surface area contributed by atoms with Crippen LogP contribution in [0.4, 0.5) is 34.1 Å². The van der Waals surface area contributed by atoms with Gasteiger partial charge in [-0.2, -0.15) is 0 Å². The van der Waals surface area contributed by atoms with E-state index in [-0.39, 0.29) is 0 Å². The molecule has 14 aromatic rings. The second-order valence-electron chi connectivity index (χ2n) is 19.5. The average molecular weight is 971 g/mol. The summed E-state index contributed by atoms with van der Waals surface area (Å²) in [6.45, 7) is 0. The van der Waals surface area contributed by atoms with Crippen molar-refractivity contribution in [3.05, 3.63) is 279 Å². The predicted molar refractivity (Wildman–Crippen MR) is 324 cm³/mol. The van der Waals surface area contributed by atoms with Crippen LogP contribution in [0.1, 0.15) is 0 Å². The standard InChI is InChI=1S/C72H46N2S/c1-3-19-47(20-4-1)48-35-37-50(38-36-48)73(51-40-42-59-60-28-13-16-32-67(60)74(49-21-5-2-6-22-49)68-33-17-14-29-61(68)65(59)45-51)52-39-41-58-56-26-10-8-24-54(56)53-23-7-9-25-55(53)57-27-11-12-30-62(57)71-63(66(58)46-52)43-44-70-72(71)64-31-15-18-34-69(64)75-70/h1-46H. The molecule has 1 aromatic heterocycles. The number of thiophene rings is 1. The van der Waals surface area contributed by atoms with E-state index in [0.29, 0.717) is 0 Å². The van der Waals surface area contributed by atoms with Gasteiger partial charge in [-0.25, -0.2) is 0 Å². The van der Waals surface area contributed by atoms with Crippen LogP contribution < -0.4 is 9.80 Å². The van der Waals surface area contributed by atoms with Crippen molar-refractivity contribution < 1.29 is 0 Å². The number of anilines is 6. The van der Waals surface area contributed by atoms with Crippen LogP contribution in [0.2, 0.25) is 0 Å². The van der Waals surface area contributed by atoms with Crippen molar-refractivity contribution in [3.63, 3.8) is 0 Å². The molecule has 3 heteroatoms. The summed E-state index contributed by atoms with van der Waals surface area (Å²) in [6.07, 6.45) is 0. The Morgan fingerprint density at radius 3 is 1.37 bits per heavy atom. The first-order valence-corrected chi connectivity index (χ1v) is 26.6. The number of rotatable bonds is 5. The minimum atomic E-state index is 1.07. The Morgan fingerprint density at radius 1 is 0.253 bits per heavy atom. The highest BCUT2D eigenvalue weighted by Gasteiger charge is 2.27. The highest BCUT2D eigenvalue weighted by atomic mass is 32.1. The fraction of sp³-hybridized carbons (Fsp3) is 0. The predicted octanol–water partition coefficient (Wildman–Crippen LogP) is 21.2. The minimum Gasteiger partial charge on any atom is -0.310 e. The van der Waals surface area contributed by atoms with Gasteiger partial charge in [0.05, 0.1) is 11.4 Å². The Kier molecular flexibility index (Phi) is 10.1. The summed E-state index contributed by atoms with van der Waals surface area (Å²) in [5.41, 5.74) is 13.7. The number of nitrogens with zero attached hydrogens (tertiary/aromatic N) is 2. The van der Waals surface area contributed by atoms with Gasteiger partial charge < -0.3 is 9.80 Å². The fourth-order valence-electron chi connectivity index (χ4n) is 12.1. The molecule has 0 saturated carbocycles. The average Bonchev–Trinajstić information content (AvgIpc) is 3.88. The van der Waals surface area contributed by atoms with Gasteiger partial charge in [0.2, 0.25) is 0 Å². The largest absolute Gasteiger partial charge is 0.310 e. The first-order valence-electron chi connectivity index (χ1n) is 25.7. The summed E-state index contributed by atoms with van der Waals surface area (Å²) in [5.74, 6) is 0. The first-order chi connectivity index (χ1) is 37.2. The third kappa shape index (κ3) is 7.01. The van der Waals surface area contributed by atoms with Crippen LogP contribution in [0.5, 0.6) is 0 Å². The van der Waals surface area contributed by atoms with Crippen molar-refractivity contribution in [2.24, 2.45) is 0 Å². The quantitative estimate of drug-likeness (QED) is 0.170. The van der Waals surface area contributed by atoms with Crippen molar-refractivity contribution in [2.75, 3.05) is 9.80 Å². The molecule has 15 rings (SSSR count). The molecule has 0 fully saturated rings. The van der Waals surface area contributed by atoms with Gasteiger partial charge in [-0.15, -0.1) is 11.3 Å². The molecule has 1 aliphatic rings. The lowest BCUT2D eigenvalue weighted by Crippen LogP contribution is -2.10. The molecule has 0 amide bonds. The SMILES string of the molecule is c1ccc(-c2ccc(N(c3ccc4c(c3)-c3ccccc3N(c3ccccc3)c3ccccc3-4)c3ccc4c5ccccc5c5ccccc5c5ccccc5c5c(ccc6sc7ccccc7c65)c4c3)cc2)cc1. The molecule has 0 N–H and O–H groups in total. The molecule has 1 aliphatic heterocycles. The van der Waals surface area contributed by atoms with E-state index in [0.717, 1.165) is 34.1 Å². The van der Waals surface area contributed by atoms with E-state index in [1.165, 1.54) is 107 Å². The molecule has 75 heavy (non-hydrogen) atoms. The molecule has 0 spiro atoms. The maximum Gasteiger partial charge on any atom is 0.0540 e. The van der Waals surface area contributed by atoms with Crippen LogP contribution in [-0.4, -0.2) is 0 Å². The van der Waals surface area contributed by atoms with Crippen molar-refractivity contribution in [1.82, 2.24) is 0 Å². The second kappa shape index (κ2) is 17.6. The zero-order valence-electron chi connectivity index (χ0n) is 40.9. The molecule has 0 atom stereocenters. The van der Waals surface area contributed by atoms with E-state index < -0.39 is 0 Å². The Labute approximate surface area is 439 Å². The monoisotopic (exact) mass is 970 g/mol. The van der Waals surface area contributed by atoms with Crippen LogP contribution >= 0.6 is 11.3 Å². The topological polar surface area (TPSA) is 6.48 Å². The van der Waals surface area contributed by atoms with Gasteiger partial charge in [-0.1, -0.05) is 206 Å². The number of benzene rings is 12. The van der Waals surface area contributed by atoms with Gasteiger partial charge in [-0.05, 0) is 149 Å². The van der Waals surface area contributed by atoms with Crippen molar-refractivity contribution in [2.45, 2.75) is 0 Å². The van der Waals surface area contributed by atoms with E-state index in [9.17, 15) is 0 Å². The van der Waals surface area contributed by atoms with E-state index >= 15 is 0 Å². The summed E-state index contributed by atoms with van der Waals surface area (Å²) in [6, 6.07) is 103. The Hall–Kier alpha value is -9.54. The zero-order valence-corrected chi connectivity index (χ0v) is 41.7. The Morgan fingerprint density at radius 2 is 0.707 bits per heavy atom. The molecular formula is C72H46N2S. The lowest BCUT2D eigenvalue weighted by molar-refractivity contribution is 1.29. The molecule has 350 valence electrons. The third-order valence-electron chi connectivity index (χ3n) is 15.4. The van der Waals surface area contributed by atoms with Crippen LogP contribution in [0.15, 0.2) is 279 Å². The van der Waals surface area contributed by atoms with Crippen LogP contribution in [-0.2, 0) is 0 Å². The third-order valence-corrected chi connectivity index (χ3v) is 16.5. The van der Waals surface area contributed by atoms with Gasteiger partial charge in [0.1, 0.15) is 0 Å². The minimum absolute atomic E-state index is 1.07. The number of hydrogen-bond donors (Lipinski definition) is 0. The molecule has 0 radical (unpaired) electrons. The molecule has 2 heterocycles. The second-order valence-corrected chi connectivity index (χ2v) is 20.6. The smallest absolute Gasteiger partial charge is 0.0540 e. The van der Waals surface area contributed by atoms with E-state index in [2.05, 4.69) is 289 Å². The van der Waals surface area contributed by atoms with Crippen LogP contribution in [0.3, 0.4) is 0 Å². The number of para-hydroxylation sites is 3. The van der Waals surface area contributed by atoms with Crippen LogP contribution in [0, 0.1) is 0 Å². The maximum absolute atomic E-state index is 2.47. The number of hydrogen-bond acceptors (Lipinski definition) is 3. The van der Waals surface area contributed by atoms with Gasteiger partial charge in [0, 0.05) is 54.0 Å². The summed E-state index contributed by atoms with van der Waals surface area (Å²) < 4.78 is 2.57. The fourth-order valence-corrected chi connectivity index (χ4v) is 13.2. The molecular weight excluding hydrogens is 925 g/mol. The molecule has 0 aliphatic carbocycles. The van der Waals surface area contributed by atoms with Crippen LogP contribution in [0.25, 0.3) is 107 Å². The maximum atomic E-state index is 2.47. The van der Waals surface area contributed by atoms with Crippen molar-refractivity contribution >= 4 is 119 Å². The van der Waals surface area contributed by atoms with E-state index in [1.807, 2.05) is 11.3 Å². The van der Waals surface area contributed by atoms with Crippen molar-refractivity contribution in [3.8, 4) is 33.4 Å². The molecule has 13 aromatic carbocycles. The Bertz CT molecular complexity index is 4650. The highest BCUT2D eigenvalue weighted by molar-refractivity contribution is 7.26. The molecule has 2 nitrogen and oxygen atoms in total. The lowest BCUT2D eigenvalue weighted by atomic mass is 9.92. The normalized spacial score (nSPS) is 12.0. The van der Waals surface area contributed by atoms with Gasteiger partial charge in [0.25, 0.3) is 0 Å². The van der Waals surface area contributed by atoms with Gasteiger partial charge in [0.15, 0.2) is 0 Å². The number of fused-ring (bicyclic) bond motifs is 19. The molecule has 0 bridgehead atoms. The van der Waals surface area contributed by atoms with Gasteiger partial charge in [-0.3, -0.25) is 0 Å².